The lowest BCUT2D eigenvalue weighted by molar-refractivity contribution is 0.214. The monoisotopic (exact) mass is 267 g/mol. The van der Waals surface area contributed by atoms with E-state index in [4.69, 9.17) is 0 Å². The van der Waals surface area contributed by atoms with Gasteiger partial charge < -0.3 is 15.5 Å². The number of nitrogens with one attached hydrogen (secondary N) is 2. The first-order valence-electron chi connectivity index (χ1n) is 8.31. The number of likely N-dealkylation sites (tertiary alicyclic amines) is 1. The molecule has 1 heterocycles. The summed E-state index contributed by atoms with van der Waals surface area (Å²) < 4.78 is 0. The van der Waals surface area contributed by atoms with Gasteiger partial charge in [0.25, 0.3) is 0 Å². The van der Waals surface area contributed by atoms with Gasteiger partial charge in [-0.2, -0.15) is 0 Å². The van der Waals surface area contributed by atoms with Gasteiger partial charge in [0, 0.05) is 18.1 Å². The fourth-order valence-electron chi connectivity index (χ4n) is 3.65. The summed E-state index contributed by atoms with van der Waals surface area (Å²) in [4.78, 5) is 2.45. The number of hydrogen-bond acceptors (Lipinski definition) is 3. The molecule has 2 unspecified atom stereocenters. The van der Waals surface area contributed by atoms with Crippen LogP contribution in [0.2, 0.25) is 0 Å². The first-order chi connectivity index (χ1) is 9.13. The van der Waals surface area contributed by atoms with Crippen molar-refractivity contribution in [2.45, 2.75) is 70.5 Å². The van der Waals surface area contributed by atoms with Gasteiger partial charge in [0.15, 0.2) is 0 Å². The Labute approximate surface area is 119 Å². The zero-order valence-electron chi connectivity index (χ0n) is 13.1. The highest BCUT2D eigenvalue weighted by Gasteiger charge is 2.23. The van der Waals surface area contributed by atoms with Crippen LogP contribution in [-0.2, 0) is 0 Å². The quantitative estimate of drug-likeness (QED) is 0.800. The molecule has 2 rings (SSSR count). The van der Waals surface area contributed by atoms with Crippen molar-refractivity contribution in [3.05, 3.63) is 0 Å². The van der Waals surface area contributed by atoms with E-state index >= 15 is 0 Å². The molecule has 0 aromatic heterocycles. The summed E-state index contributed by atoms with van der Waals surface area (Å²) >= 11 is 0. The average Bonchev–Trinajstić information content (AvgIpc) is 2.38. The van der Waals surface area contributed by atoms with Crippen LogP contribution in [0.4, 0.5) is 0 Å². The highest BCUT2D eigenvalue weighted by molar-refractivity contribution is 4.82. The number of piperidine rings is 1. The van der Waals surface area contributed by atoms with Crippen molar-refractivity contribution in [3.63, 3.8) is 0 Å². The second kappa shape index (κ2) is 7.61. The summed E-state index contributed by atoms with van der Waals surface area (Å²) in [6.45, 7) is 8.30. The summed E-state index contributed by atoms with van der Waals surface area (Å²) in [5.41, 5.74) is 0. The van der Waals surface area contributed by atoms with E-state index in [2.05, 4.69) is 36.4 Å². The van der Waals surface area contributed by atoms with Crippen LogP contribution in [0.1, 0.15) is 52.4 Å². The van der Waals surface area contributed by atoms with Crippen molar-refractivity contribution >= 4 is 0 Å². The molecular formula is C16H33N3. The molecule has 0 amide bonds. The van der Waals surface area contributed by atoms with E-state index in [-0.39, 0.29) is 0 Å². The topological polar surface area (TPSA) is 27.3 Å². The van der Waals surface area contributed by atoms with Crippen molar-refractivity contribution < 1.29 is 0 Å². The molecule has 0 aromatic rings. The van der Waals surface area contributed by atoms with Crippen molar-refractivity contribution in [1.82, 2.24) is 15.5 Å². The van der Waals surface area contributed by atoms with E-state index in [1.807, 2.05) is 0 Å². The summed E-state index contributed by atoms with van der Waals surface area (Å²) in [5.74, 6) is 0.893. The maximum absolute atomic E-state index is 3.83. The fraction of sp³-hybridized carbons (Fsp3) is 1.00. The Hall–Kier alpha value is -0.120. The summed E-state index contributed by atoms with van der Waals surface area (Å²) in [6.07, 6.45) is 8.24. The van der Waals surface area contributed by atoms with Gasteiger partial charge in [-0.25, -0.2) is 0 Å². The molecule has 112 valence electrons. The largest absolute Gasteiger partial charge is 0.314 e. The van der Waals surface area contributed by atoms with Gasteiger partial charge in [-0.05, 0) is 64.7 Å². The Kier molecular flexibility index (Phi) is 6.11. The molecule has 2 aliphatic rings. The van der Waals surface area contributed by atoms with Crippen LogP contribution in [0.15, 0.2) is 0 Å². The fourth-order valence-corrected chi connectivity index (χ4v) is 3.65. The Balaban J connectivity index is 1.65. The molecule has 0 spiro atoms. The molecular weight excluding hydrogens is 234 g/mol. The normalized spacial score (nSPS) is 30.9. The molecule has 1 saturated heterocycles. The number of rotatable bonds is 5. The SMILES string of the molecule is CC(C)NC1CCCC(CNC2CCN(C)CC2)C1. The lowest BCUT2D eigenvalue weighted by atomic mass is 9.85. The standard InChI is InChI=1S/C16H33N3/c1-13(2)18-16-6-4-5-14(11-16)12-17-15-7-9-19(3)10-8-15/h13-18H,4-12H2,1-3H3. The molecule has 3 heteroatoms. The highest BCUT2D eigenvalue weighted by atomic mass is 15.1. The van der Waals surface area contributed by atoms with Crippen molar-refractivity contribution in [3.8, 4) is 0 Å². The van der Waals surface area contributed by atoms with Crippen LogP contribution in [-0.4, -0.2) is 49.7 Å². The minimum Gasteiger partial charge on any atom is -0.314 e. The molecule has 19 heavy (non-hydrogen) atoms. The average molecular weight is 267 g/mol. The third-order valence-electron chi connectivity index (χ3n) is 4.77. The van der Waals surface area contributed by atoms with Crippen LogP contribution in [0, 0.1) is 5.92 Å². The van der Waals surface area contributed by atoms with E-state index in [0.29, 0.717) is 6.04 Å². The smallest absolute Gasteiger partial charge is 0.00915 e. The Morgan fingerprint density at radius 2 is 1.79 bits per heavy atom. The van der Waals surface area contributed by atoms with E-state index in [1.165, 1.54) is 58.2 Å². The van der Waals surface area contributed by atoms with Crippen molar-refractivity contribution in [2.24, 2.45) is 5.92 Å². The Bertz CT molecular complexity index is 246. The Morgan fingerprint density at radius 3 is 2.47 bits per heavy atom. The first-order valence-corrected chi connectivity index (χ1v) is 8.31. The van der Waals surface area contributed by atoms with E-state index < -0.39 is 0 Å². The molecule has 0 aromatic carbocycles. The van der Waals surface area contributed by atoms with Gasteiger partial charge in [0.2, 0.25) is 0 Å². The predicted molar refractivity (Wildman–Crippen MR) is 82.5 cm³/mol. The third kappa shape index (κ3) is 5.41. The van der Waals surface area contributed by atoms with Gasteiger partial charge in [-0.15, -0.1) is 0 Å². The van der Waals surface area contributed by atoms with Crippen molar-refractivity contribution in [1.29, 1.82) is 0 Å². The number of nitrogens with zero attached hydrogens (tertiary/aromatic N) is 1. The van der Waals surface area contributed by atoms with Crippen molar-refractivity contribution in [2.75, 3.05) is 26.7 Å². The Morgan fingerprint density at radius 1 is 1.05 bits per heavy atom. The molecule has 1 saturated carbocycles. The van der Waals surface area contributed by atoms with Gasteiger partial charge >= 0.3 is 0 Å². The predicted octanol–water partition coefficient (Wildman–Crippen LogP) is 2.23. The maximum Gasteiger partial charge on any atom is 0.00915 e. The lowest BCUT2D eigenvalue weighted by Crippen LogP contribution is -2.44. The molecule has 2 N–H and O–H groups in total. The summed E-state index contributed by atoms with van der Waals surface area (Å²) in [5, 5.41) is 7.55. The van der Waals surface area contributed by atoms with Crippen LogP contribution in [0.25, 0.3) is 0 Å². The molecule has 1 aliphatic carbocycles. The van der Waals surface area contributed by atoms with E-state index in [9.17, 15) is 0 Å². The minimum atomic E-state index is 0.630. The summed E-state index contributed by atoms with van der Waals surface area (Å²) in [6, 6.07) is 2.17. The van der Waals surface area contributed by atoms with Gasteiger partial charge in [-0.1, -0.05) is 20.3 Å². The second-order valence-electron chi connectivity index (χ2n) is 7.04. The molecule has 0 bridgehead atoms. The van der Waals surface area contributed by atoms with Gasteiger partial charge in [-0.3, -0.25) is 0 Å². The second-order valence-corrected chi connectivity index (χ2v) is 7.04. The molecule has 3 nitrogen and oxygen atoms in total. The molecule has 1 aliphatic heterocycles. The number of hydrogen-bond donors (Lipinski definition) is 2. The zero-order valence-corrected chi connectivity index (χ0v) is 13.1. The van der Waals surface area contributed by atoms with Gasteiger partial charge in [0.05, 0.1) is 0 Å². The van der Waals surface area contributed by atoms with Crippen LogP contribution in [0.5, 0.6) is 0 Å². The first kappa shape index (κ1) is 15.3. The maximum atomic E-state index is 3.83. The molecule has 2 fully saturated rings. The lowest BCUT2D eigenvalue weighted by Gasteiger charge is -2.34. The molecule has 2 atom stereocenters. The van der Waals surface area contributed by atoms with E-state index in [1.54, 1.807) is 0 Å². The van der Waals surface area contributed by atoms with Crippen LogP contribution < -0.4 is 10.6 Å². The summed E-state index contributed by atoms with van der Waals surface area (Å²) in [7, 11) is 2.24. The minimum absolute atomic E-state index is 0.630. The highest BCUT2D eigenvalue weighted by Crippen LogP contribution is 2.24. The third-order valence-corrected chi connectivity index (χ3v) is 4.77. The van der Waals surface area contributed by atoms with Crippen LogP contribution >= 0.6 is 0 Å². The molecule has 0 radical (unpaired) electrons. The van der Waals surface area contributed by atoms with E-state index in [0.717, 1.165) is 18.0 Å². The van der Waals surface area contributed by atoms with Gasteiger partial charge in [0.1, 0.15) is 0 Å². The zero-order chi connectivity index (χ0) is 13.7. The van der Waals surface area contributed by atoms with Crippen LogP contribution in [0.3, 0.4) is 0 Å².